The summed E-state index contributed by atoms with van der Waals surface area (Å²) in [6.07, 6.45) is 8.85. The Morgan fingerprint density at radius 3 is 2.46 bits per heavy atom. The lowest BCUT2D eigenvalue weighted by Crippen LogP contribution is -2.15. The monoisotopic (exact) mass is 389 g/mol. The van der Waals surface area contributed by atoms with Crippen molar-refractivity contribution in [2.45, 2.75) is 45.3 Å². The third kappa shape index (κ3) is 6.05. The van der Waals surface area contributed by atoms with Crippen molar-refractivity contribution >= 4 is 23.2 Å². The van der Waals surface area contributed by atoms with Crippen molar-refractivity contribution in [1.82, 2.24) is 5.32 Å². The Kier molecular flexibility index (Phi) is 7.43. The van der Waals surface area contributed by atoms with Crippen LogP contribution in [0.1, 0.15) is 43.2 Å². The minimum atomic E-state index is 0.476. The Morgan fingerprint density at radius 1 is 0.923 bits per heavy atom. The molecule has 0 saturated heterocycles. The molecule has 4 heteroatoms. The van der Waals surface area contributed by atoms with Gasteiger partial charge in [-0.1, -0.05) is 53.1 Å². The largest absolute Gasteiger partial charge is 0.489 e. The molecule has 138 valence electrons. The zero-order chi connectivity index (χ0) is 18.2. The maximum absolute atomic E-state index is 6.03. The summed E-state index contributed by atoms with van der Waals surface area (Å²) in [4.78, 5) is 0. The second-order valence-electron chi connectivity index (χ2n) is 6.72. The minimum Gasteiger partial charge on any atom is -0.489 e. The highest BCUT2D eigenvalue weighted by Gasteiger charge is 2.04. The van der Waals surface area contributed by atoms with Crippen LogP contribution in [0.4, 0.5) is 0 Å². The van der Waals surface area contributed by atoms with Crippen LogP contribution in [0.5, 0.6) is 5.75 Å². The predicted molar refractivity (Wildman–Crippen MR) is 110 cm³/mol. The first kappa shape index (κ1) is 19.3. The fourth-order valence-corrected chi connectivity index (χ4v) is 3.43. The molecule has 0 heterocycles. The topological polar surface area (TPSA) is 21.3 Å². The Balaban J connectivity index is 1.40. The molecule has 0 radical (unpaired) electrons. The molecule has 0 amide bonds. The predicted octanol–water partition coefficient (Wildman–Crippen LogP) is 6.55. The van der Waals surface area contributed by atoms with Gasteiger partial charge in [0.25, 0.3) is 0 Å². The van der Waals surface area contributed by atoms with Gasteiger partial charge in [0, 0.05) is 6.54 Å². The molecule has 0 spiro atoms. The molecule has 0 unspecified atom stereocenters. The van der Waals surface area contributed by atoms with Crippen molar-refractivity contribution in [3.63, 3.8) is 0 Å². The second-order valence-corrected chi connectivity index (χ2v) is 7.53. The quantitative estimate of drug-likeness (QED) is 0.408. The maximum atomic E-state index is 6.03. The van der Waals surface area contributed by atoms with Gasteiger partial charge >= 0.3 is 0 Å². The summed E-state index contributed by atoms with van der Waals surface area (Å²) >= 11 is 12.0. The summed E-state index contributed by atoms with van der Waals surface area (Å²) in [5, 5.41) is 4.64. The van der Waals surface area contributed by atoms with E-state index in [2.05, 4.69) is 23.5 Å². The van der Waals surface area contributed by atoms with Crippen LogP contribution in [0.3, 0.4) is 0 Å². The highest BCUT2D eigenvalue weighted by Crippen LogP contribution is 2.23. The van der Waals surface area contributed by atoms with Crippen LogP contribution < -0.4 is 10.1 Å². The minimum absolute atomic E-state index is 0.476. The van der Waals surface area contributed by atoms with E-state index in [9.17, 15) is 0 Å². The molecule has 1 aliphatic rings. The lowest BCUT2D eigenvalue weighted by atomic mass is 9.97. The van der Waals surface area contributed by atoms with Crippen LogP contribution in [0.15, 0.2) is 54.1 Å². The molecule has 1 aliphatic carbocycles. The first-order valence-electron chi connectivity index (χ1n) is 9.25. The molecule has 2 aromatic carbocycles. The van der Waals surface area contributed by atoms with E-state index in [4.69, 9.17) is 27.9 Å². The molecule has 0 aliphatic heterocycles. The summed E-state index contributed by atoms with van der Waals surface area (Å²) < 4.78 is 5.82. The molecular formula is C22H25Cl2NO. The Hall–Kier alpha value is -1.48. The zero-order valence-corrected chi connectivity index (χ0v) is 16.5. The molecule has 0 fully saturated rings. The Labute approximate surface area is 166 Å². The molecule has 0 bridgehead atoms. The molecule has 3 rings (SSSR count). The number of ether oxygens (including phenoxy) is 1. The SMILES string of the molecule is Clc1ccc(COc2ccc(CNCCC3=CCCCC3)cc2)cc1Cl. The van der Waals surface area contributed by atoms with Crippen LogP contribution in [-0.4, -0.2) is 6.54 Å². The molecule has 0 aromatic heterocycles. The van der Waals surface area contributed by atoms with Crippen LogP contribution >= 0.6 is 23.2 Å². The van der Waals surface area contributed by atoms with Gasteiger partial charge in [-0.15, -0.1) is 0 Å². The van der Waals surface area contributed by atoms with E-state index < -0.39 is 0 Å². The van der Waals surface area contributed by atoms with E-state index in [1.54, 1.807) is 11.6 Å². The average molecular weight is 390 g/mol. The number of halogens is 2. The first-order chi connectivity index (χ1) is 12.7. The molecular weight excluding hydrogens is 365 g/mol. The summed E-state index contributed by atoms with van der Waals surface area (Å²) in [5.74, 6) is 0.854. The lowest BCUT2D eigenvalue weighted by Gasteiger charge is -2.13. The van der Waals surface area contributed by atoms with Crippen LogP contribution in [-0.2, 0) is 13.2 Å². The van der Waals surface area contributed by atoms with Gasteiger partial charge in [-0.3, -0.25) is 0 Å². The van der Waals surface area contributed by atoms with Crippen molar-refractivity contribution in [2.75, 3.05) is 6.54 Å². The molecule has 1 N–H and O–H groups in total. The number of nitrogens with one attached hydrogen (secondary N) is 1. The van der Waals surface area contributed by atoms with Gasteiger partial charge < -0.3 is 10.1 Å². The van der Waals surface area contributed by atoms with Crippen molar-refractivity contribution in [3.8, 4) is 5.75 Å². The van der Waals surface area contributed by atoms with Gasteiger partial charge in [0.05, 0.1) is 10.0 Å². The maximum Gasteiger partial charge on any atom is 0.119 e. The van der Waals surface area contributed by atoms with E-state index in [1.165, 1.54) is 37.7 Å². The Morgan fingerprint density at radius 2 is 1.73 bits per heavy atom. The average Bonchev–Trinajstić information content (AvgIpc) is 2.68. The third-order valence-corrected chi connectivity index (χ3v) is 5.39. The molecule has 0 saturated carbocycles. The van der Waals surface area contributed by atoms with E-state index >= 15 is 0 Å². The van der Waals surface area contributed by atoms with Gasteiger partial charge in [0.15, 0.2) is 0 Å². The Bertz CT molecular complexity index is 740. The number of rotatable bonds is 8. The number of allylic oxidation sites excluding steroid dienone is 1. The van der Waals surface area contributed by atoms with E-state index in [1.807, 2.05) is 24.3 Å². The van der Waals surface area contributed by atoms with Gasteiger partial charge in [-0.2, -0.15) is 0 Å². The summed E-state index contributed by atoms with van der Waals surface area (Å²) in [7, 11) is 0. The smallest absolute Gasteiger partial charge is 0.119 e. The zero-order valence-electron chi connectivity index (χ0n) is 14.9. The molecule has 0 atom stereocenters. The van der Waals surface area contributed by atoms with E-state index in [0.717, 1.165) is 24.4 Å². The molecule has 2 aromatic rings. The highest BCUT2D eigenvalue weighted by atomic mass is 35.5. The van der Waals surface area contributed by atoms with Gasteiger partial charge in [0.2, 0.25) is 0 Å². The van der Waals surface area contributed by atoms with Crippen LogP contribution in [0.25, 0.3) is 0 Å². The van der Waals surface area contributed by atoms with E-state index in [0.29, 0.717) is 16.7 Å². The second kappa shape index (κ2) is 10.0. The number of hydrogen-bond donors (Lipinski definition) is 1. The van der Waals surface area contributed by atoms with Crippen molar-refractivity contribution < 1.29 is 4.74 Å². The number of hydrogen-bond acceptors (Lipinski definition) is 2. The normalized spacial score (nSPS) is 14.2. The van der Waals surface area contributed by atoms with Gasteiger partial charge in [-0.05, 0) is 74.0 Å². The van der Waals surface area contributed by atoms with Crippen LogP contribution in [0, 0.1) is 0 Å². The van der Waals surface area contributed by atoms with Crippen molar-refractivity contribution in [1.29, 1.82) is 0 Å². The fourth-order valence-electron chi connectivity index (χ4n) is 3.11. The number of benzene rings is 2. The molecule has 2 nitrogen and oxygen atoms in total. The summed E-state index contributed by atoms with van der Waals surface area (Å²) in [6.45, 7) is 2.41. The van der Waals surface area contributed by atoms with E-state index in [-0.39, 0.29) is 0 Å². The van der Waals surface area contributed by atoms with Crippen molar-refractivity contribution in [2.24, 2.45) is 0 Å². The van der Waals surface area contributed by atoms with Gasteiger partial charge in [-0.25, -0.2) is 0 Å². The standard InChI is InChI=1S/C22H25Cl2NO/c23-21-11-8-19(14-22(21)24)16-26-20-9-6-18(7-10-20)15-25-13-12-17-4-2-1-3-5-17/h4,6-11,14,25H,1-3,5,12-13,15-16H2. The highest BCUT2D eigenvalue weighted by molar-refractivity contribution is 6.42. The van der Waals surface area contributed by atoms with Crippen molar-refractivity contribution in [3.05, 3.63) is 75.3 Å². The lowest BCUT2D eigenvalue weighted by molar-refractivity contribution is 0.306. The summed E-state index contributed by atoms with van der Waals surface area (Å²) in [5.41, 5.74) is 3.89. The third-order valence-electron chi connectivity index (χ3n) is 4.65. The van der Waals surface area contributed by atoms with Crippen LogP contribution in [0.2, 0.25) is 10.0 Å². The molecule has 26 heavy (non-hydrogen) atoms. The fraction of sp³-hybridized carbons (Fsp3) is 0.364. The first-order valence-corrected chi connectivity index (χ1v) is 10.0. The van der Waals surface area contributed by atoms with Gasteiger partial charge in [0.1, 0.15) is 12.4 Å². The summed E-state index contributed by atoms with van der Waals surface area (Å²) in [6, 6.07) is 13.8.